The summed E-state index contributed by atoms with van der Waals surface area (Å²) >= 11 is 11.7. The standard InChI is InChI=1S/C25H25Cl2NO6/c1-15(2)33-24(31)17-5-9-20(10-6-17)28-14-18(13-22(28)29)25(32)34-21(11-12-26)23(30)16-3-7-19(27)8-4-16/h3-10,15,18,21H,11-14H2,1-2H3/t18-,21-/m1/s1. The van der Waals surface area contributed by atoms with E-state index in [4.69, 9.17) is 32.7 Å². The second-order valence-electron chi connectivity index (χ2n) is 8.18. The number of nitrogens with zero attached hydrogens (tertiary/aromatic N) is 1. The fraction of sp³-hybridized carbons (Fsp3) is 0.360. The smallest absolute Gasteiger partial charge is 0.338 e. The zero-order valence-electron chi connectivity index (χ0n) is 18.8. The van der Waals surface area contributed by atoms with E-state index in [2.05, 4.69) is 0 Å². The first-order valence-electron chi connectivity index (χ1n) is 10.9. The van der Waals surface area contributed by atoms with Crippen LogP contribution in [0.5, 0.6) is 0 Å². The Kier molecular flexibility index (Phi) is 8.69. The number of carbonyl (C=O) groups is 4. The zero-order valence-corrected chi connectivity index (χ0v) is 20.3. The average Bonchev–Trinajstić information content (AvgIpc) is 3.20. The topological polar surface area (TPSA) is 90.0 Å². The monoisotopic (exact) mass is 505 g/mol. The summed E-state index contributed by atoms with van der Waals surface area (Å²) in [4.78, 5) is 51.7. The highest BCUT2D eigenvalue weighted by molar-refractivity contribution is 6.30. The van der Waals surface area contributed by atoms with Crippen molar-refractivity contribution < 1.29 is 28.7 Å². The van der Waals surface area contributed by atoms with Crippen LogP contribution in [-0.2, 0) is 19.1 Å². The number of Topliss-reactive ketones (excluding diaryl/α,β-unsaturated/α-hetero) is 1. The number of anilines is 1. The van der Waals surface area contributed by atoms with Crippen molar-refractivity contribution in [2.24, 2.45) is 5.92 Å². The molecule has 9 heteroatoms. The van der Waals surface area contributed by atoms with Crippen LogP contribution >= 0.6 is 23.2 Å². The molecule has 0 aliphatic carbocycles. The van der Waals surface area contributed by atoms with Gasteiger partial charge in [-0.15, -0.1) is 11.6 Å². The van der Waals surface area contributed by atoms with Gasteiger partial charge in [0, 0.05) is 41.5 Å². The molecule has 0 spiro atoms. The van der Waals surface area contributed by atoms with E-state index in [-0.39, 0.29) is 43.1 Å². The van der Waals surface area contributed by atoms with Crippen LogP contribution in [0.1, 0.15) is 47.4 Å². The number of ether oxygens (including phenoxy) is 2. The molecule has 1 heterocycles. The number of alkyl halides is 1. The van der Waals surface area contributed by atoms with Crippen LogP contribution in [0.2, 0.25) is 5.02 Å². The molecule has 0 radical (unpaired) electrons. The summed E-state index contributed by atoms with van der Waals surface area (Å²) in [5.74, 6) is -2.32. The predicted molar refractivity (Wildman–Crippen MR) is 128 cm³/mol. The van der Waals surface area contributed by atoms with Crippen LogP contribution in [0, 0.1) is 5.92 Å². The van der Waals surface area contributed by atoms with Gasteiger partial charge in [0.15, 0.2) is 6.10 Å². The van der Waals surface area contributed by atoms with Gasteiger partial charge in [0.2, 0.25) is 11.7 Å². The predicted octanol–water partition coefficient (Wildman–Crippen LogP) is 4.68. The summed E-state index contributed by atoms with van der Waals surface area (Å²) in [6, 6.07) is 12.7. The molecule has 34 heavy (non-hydrogen) atoms. The molecule has 2 atom stereocenters. The molecule has 1 amide bonds. The molecule has 2 aromatic rings. The Labute approximate surface area is 207 Å². The molecular formula is C25H25Cl2NO6. The first-order valence-corrected chi connectivity index (χ1v) is 11.8. The molecule has 1 aliphatic heterocycles. The molecule has 2 aromatic carbocycles. The van der Waals surface area contributed by atoms with Gasteiger partial charge >= 0.3 is 11.9 Å². The lowest BCUT2D eigenvalue weighted by molar-refractivity contribution is -0.151. The van der Waals surface area contributed by atoms with Gasteiger partial charge in [0.25, 0.3) is 0 Å². The lowest BCUT2D eigenvalue weighted by Crippen LogP contribution is -2.32. The van der Waals surface area contributed by atoms with E-state index in [0.29, 0.717) is 21.8 Å². The molecule has 0 aromatic heterocycles. The number of rotatable bonds is 9. The maximum Gasteiger partial charge on any atom is 0.338 e. The van der Waals surface area contributed by atoms with Crippen molar-refractivity contribution >= 4 is 52.5 Å². The maximum absolute atomic E-state index is 12.8. The second-order valence-corrected chi connectivity index (χ2v) is 9.00. The minimum absolute atomic E-state index is 0.0430. The lowest BCUT2D eigenvalue weighted by Gasteiger charge is -2.19. The Hall–Kier alpha value is -2.90. The molecular weight excluding hydrogens is 481 g/mol. The average molecular weight is 506 g/mol. The number of hydrogen-bond donors (Lipinski definition) is 0. The van der Waals surface area contributed by atoms with Gasteiger partial charge in [0.05, 0.1) is 17.6 Å². The molecule has 0 bridgehead atoms. The van der Waals surface area contributed by atoms with Gasteiger partial charge in [-0.05, 0) is 62.4 Å². The number of esters is 2. The van der Waals surface area contributed by atoms with Crippen molar-refractivity contribution in [2.75, 3.05) is 17.3 Å². The quantitative estimate of drug-likeness (QED) is 0.279. The molecule has 1 fully saturated rings. The van der Waals surface area contributed by atoms with Crippen LogP contribution in [0.25, 0.3) is 0 Å². The Balaban J connectivity index is 1.65. The number of amides is 1. The van der Waals surface area contributed by atoms with Crippen molar-refractivity contribution in [2.45, 2.75) is 38.9 Å². The fourth-order valence-electron chi connectivity index (χ4n) is 3.55. The van der Waals surface area contributed by atoms with E-state index in [1.807, 2.05) is 0 Å². The Morgan fingerprint density at radius 1 is 1.00 bits per heavy atom. The normalized spacial score (nSPS) is 16.4. The summed E-state index contributed by atoms with van der Waals surface area (Å²) < 4.78 is 10.7. The Morgan fingerprint density at radius 3 is 2.21 bits per heavy atom. The first kappa shape index (κ1) is 25.7. The number of halogens is 2. The van der Waals surface area contributed by atoms with E-state index in [1.54, 1.807) is 62.4 Å². The van der Waals surface area contributed by atoms with E-state index < -0.39 is 24.0 Å². The highest BCUT2D eigenvalue weighted by atomic mass is 35.5. The Bertz CT molecular complexity index is 1050. The maximum atomic E-state index is 12.8. The largest absolute Gasteiger partial charge is 0.459 e. The number of hydrogen-bond acceptors (Lipinski definition) is 6. The SMILES string of the molecule is CC(C)OC(=O)c1ccc(N2C[C@H](C(=O)O[C@H](CCCl)C(=O)c3ccc(Cl)cc3)CC2=O)cc1. The van der Waals surface area contributed by atoms with Gasteiger partial charge in [0.1, 0.15) is 0 Å². The molecule has 0 unspecified atom stereocenters. The highest BCUT2D eigenvalue weighted by Crippen LogP contribution is 2.27. The third-order valence-electron chi connectivity index (χ3n) is 5.27. The molecule has 0 N–H and O–H groups in total. The molecule has 0 saturated carbocycles. The zero-order chi connectivity index (χ0) is 24.8. The lowest BCUT2D eigenvalue weighted by atomic mass is 10.0. The fourth-order valence-corrected chi connectivity index (χ4v) is 3.88. The van der Waals surface area contributed by atoms with Crippen LogP contribution in [0.15, 0.2) is 48.5 Å². The number of carbonyl (C=O) groups excluding carboxylic acids is 4. The number of ketones is 1. The van der Waals surface area contributed by atoms with Crippen LogP contribution in [-0.4, -0.2) is 48.3 Å². The summed E-state index contributed by atoms with van der Waals surface area (Å²) in [6.07, 6.45) is -1.19. The summed E-state index contributed by atoms with van der Waals surface area (Å²) in [6.45, 7) is 3.63. The van der Waals surface area contributed by atoms with Crippen molar-refractivity contribution in [1.29, 1.82) is 0 Å². The van der Waals surface area contributed by atoms with Crippen LogP contribution in [0.3, 0.4) is 0 Å². The molecule has 3 rings (SSSR count). The number of benzene rings is 2. The first-order chi connectivity index (χ1) is 16.2. The van der Waals surface area contributed by atoms with Gasteiger partial charge < -0.3 is 14.4 Å². The van der Waals surface area contributed by atoms with Crippen molar-refractivity contribution in [3.63, 3.8) is 0 Å². The minimum atomic E-state index is -1.05. The second kappa shape index (κ2) is 11.5. The molecule has 7 nitrogen and oxygen atoms in total. The summed E-state index contributed by atoms with van der Waals surface area (Å²) in [7, 11) is 0. The third-order valence-corrected chi connectivity index (χ3v) is 5.74. The molecule has 1 aliphatic rings. The van der Waals surface area contributed by atoms with Crippen LogP contribution < -0.4 is 4.90 Å². The highest BCUT2D eigenvalue weighted by Gasteiger charge is 2.38. The van der Waals surface area contributed by atoms with Crippen molar-refractivity contribution in [3.8, 4) is 0 Å². The van der Waals surface area contributed by atoms with E-state index >= 15 is 0 Å². The third kappa shape index (κ3) is 6.36. The van der Waals surface area contributed by atoms with Gasteiger partial charge in [-0.1, -0.05) is 11.6 Å². The van der Waals surface area contributed by atoms with Gasteiger partial charge in [-0.3, -0.25) is 14.4 Å². The molecule has 1 saturated heterocycles. The van der Waals surface area contributed by atoms with Gasteiger partial charge in [-0.25, -0.2) is 4.79 Å². The van der Waals surface area contributed by atoms with E-state index in [1.165, 1.54) is 4.90 Å². The summed E-state index contributed by atoms with van der Waals surface area (Å²) in [5.41, 5.74) is 1.27. The molecule has 180 valence electrons. The van der Waals surface area contributed by atoms with Crippen molar-refractivity contribution in [1.82, 2.24) is 0 Å². The van der Waals surface area contributed by atoms with E-state index in [0.717, 1.165) is 0 Å². The Morgan fingerprint density at radius 2 is 1.62 bits per heavy atom. The van der Waals surface area contributed by atoms with E-state index in [9.17, 15) is 19.2 Å². The van der Waals surface area contributed by atoms with Gasteiger partial charge in [-0.2, -0.15) is 0 Å². The van der Waals surface area contributed by atoms with Crippen LogP contribution in [0.4, 0.5) is 5.69 Å². The minimum Gasteiger partial charge on any atom is -0.459 e. The van der Waals surface area contributed by atoms with Crippen molar-refractivity contribution in [3.05, 3.63) is 64.7 Å². The summed E-state index contributed by atoms with van der Waals surface area (Å²) in [5, 5.41) is 0.483.